The van der Waals surface area contributed by atoms with Crippen molar-refractivity contribution in [2.24, 2.45) is 5.84 Å². The average Bonchev–Trinajstić information content (AvgIpc) is 2.10. The van der Waals surface area contributed by atoms with Crippen molar-refractivity contribution in [2.45, 2.75) is 0 Å². The van der Waals surface area contributed by atoms with Crippen LogP contribution in [0.2, 0.25) is 5.02 Å². The molecule has 1 aromatic carbocycles. The fourth-order valence-corrected chi connectivity index (χ4v) is 1.04. The Balaban J connectivity index is 3.20. The van der Waals surface area contributed by atoms with Crippen LogP contribution in [0.3, 0.4) is 0 Å². The van der Waals surface area contributed by atoms with E-state index in [0.717, 1.165) is 0 Å². The second kappa shape index (κ2) is 3.60. The van der Waals surface area contributed by atoms with Crippen molar-refractivity contribution in [3.05, 3.63) is 23.0 Å². The van der Waals surface area contributed by atoms with Crippen LogP contribution in [-0.2, 0) is 0 Å². The van der Waals surface area contributed by atoms with E-state index >= 15 is 0 Å². The highest BCUT2D eigenvalue weighted by atomic mass is 35.5. The number of nitrogens with one attached hydrogen (secondary N) is 1. The first-order chi connectivity index (χ1) is 5.70. The lowest BCUT2D eigenvalue weighted by Gasteiger charge is -2.06. The molecule has 3 nitrogen and oxygen atoms in total. The fourth-order valence-electron chi connectivity index (χ4n) is 0.801. The van der Waals surface area contributed by atoms with Crippen molar-refractivity contribution in [3.63, 3.8) is 0 Å². The summed E-state index contributed by atoms with van der Waals surface area (Å²) in [7, 11) is 1.41. The Morgan fingerprint density at radius 1 is 1.58 bits per heavy atom. The monoisotopic (exact) mass is 190 g/mol. The molecule has 66 valence electrons. The van der Waals surface area contributed by atoms with Crippen LogP contribution in [0.4, 0.5) is 10.1 Å². The van der Waals surface area contributed by atoms with Gasteiger partial charge in [0.15, 0.2) is 5.82 Å². The van der Waals surface area contributed by atoms with Gasteiger partial charge in [0.05, 0.1) is 12.8 Å². The molecule has 0 atom stereocenters. The van der Waals surface area contributed by atoms with Crippen LogP contribution < -0.4 is 16.0 Å². The normalized spacial score (nSPS) is 9.67. The third-order valence-corrected chi connectivity index (χ3v) is 1.77. The zero-order chi connectivity index (χ0) is 9.14. The van der Waals surface area contributed by atoms with Crippen LogP contribution in [0.1, 0.15) is 0 Å². The number of hydrogen-bond donors (Lipinski definition) is 2. The van der Waals surface area contributed by atoms with Gasteiger partial charge in [-0.2, -0.15) is 0 Å². The molecule has 0 aliphatic heterocycles. The van der Waals surface area contributed by atoms with Gasteiger partial charge in [0.25, 0.3) is 0 Å². The summed E-state index contributed by atoms with van der Waals surface area (Å²) in [6.07, 6.45) is 0. The highest BCUT2D eigenvalue weighted by molar-refractivity contribution is 6.32. The summed E-state index contributed by atoms with van der Waals surface area (Å²) in [5.41, 5.74) is 2.31. The summed E-state index contributed by atoms with van der Waals surface area (Å²) in [5, 5.41) is -0.0760. The number of methoxy groups -OCH3 is 1. The largest absolute Gasteiger partial charge is 0.495 e. The maximum atomic E-state index is 13.1. The maximum absolute atomic E-state index is 13.1. The second-order valence-electron chi connectivity index (χ2n) is 2.09. The van der Waals surface area contributed by atoms with Gasteiger partial charge in [0, 0.05) is 0 Å². The standard InChI is InChI=1S/C7H8ClFN2O/c1-12-5-3-2-4(11-10)7(9)6(5)8/h2-3,11H,10H2,1H3. The molecular formula is C7H8ClFN2O. The van der Waals surface area contributed by atoms with E-state index in [1.54, 1.807) is 0 Å². The molecule has 0 bridgehead atoms. The SMILES string of the molecule is COc1ccc(NN)c(F)c1Cl. The Morgan fingerprint density at radius 3 is 2.75 bits per heavy atom. The number of rotatable bonds is 2. The Morgan fingerprint density at radius 2 is 2.25 bits per heavy atom. The molecule has 0 radical (unpaired) electrons. The van der Waals surface area contributed by atoms with Crippen molar-refractivity contribution in [1.82, 2.24) is 0 Å². The second-order valence-corrected chi connectivity index (χ2v) is 2.47. The first-order valence-corrected chi connectivity index (χ1v) is 3.57. The minimum absolute atomic E-state index is 0.0760. The van der Waals surface area contributed by atoms with Crippen LogP contribution >= 0.6 is 11.6 Å². The molecule has 0 spiro atoms. The molecule has 1 aromatic rings. The summed E-state index contributed by atoms with van der Waals surface area (Å²) in [6.45, 7) is 0. The molecule has 12 heavy (non-hydrogen) atoms. The molecule has 3 N–H and O–H groups in total. The maximum Gasteiger partial charge on any atom is 0.169 e. The zero-order valence-electron chi connectivity index (χ0n) is 6.40. The lowest BCUT2D eigenvalue weighted by molar-refractivity contribution is 0.412. The minimum Gasteiger partial charge on any atom is -0.495 e. The predicted octanol–water partition coefficient (Wildman–Crippen LogP) is 1.77. The van der Waals surface area contributed by atoms with E-state index < -0.39 is 5.82 Å². The summed E-state index contributed by atoms with van der Waals surface area (Å²) in [4.78, 5) is 0. The van der Waals surface area contributed by atoms with Gasteiger partial charge in [0.1, 0.15) is 10.8 Å². The molecule has 0 aromatic heterocycles. The lowest BCUT2D eigenvalue weighted by Crippen LogP contribution is -2.08. The van der Waals surface area contributed by atoms with Crippen molar-refractivity contribution in [1.29, 1.82) is 0 Å². The van der Waals surface area contributed by atoms with E-state index in [2.05, 4.69) is 5.43 Å². The number of anilines is 1. The average molecular weight is 191 g/mol. The van der Waals surface area contributed by atoms with Crippen LogP contribution in [0.15, 0.2) is 12.1 Å². The number of nitrogen functional groups attached to an aromatic ring is 1. The van der Waals surface area contributed by atoms with Gasteiger partial charge in [-0.1, -0.05) is 11.6 Å². The summed E-state index contributed by atoms with van der Waals surface area (Å²) >= 11 is 5.58. The fraction of sp³-hybridized carbons (Fsp3) is 0.143. The number of benzene rings is 1. The Labute approximate surface area is 74.2 Å². The number of nitrogens with two attached hydrogens (primary N) is 1. The van der Waals surface area contributed by atoms with E-state index in [1.807, 2.05) is 0 Å². The third kappa shape index (κ3) is 1.44. The van der Waals surface area contributed by atoms with Crippen molar-refractivity contribution >= 4 is 17.3 Å². The van der Waals surface area contributed by atoms with Crippen LogP contribution in [-0.4, -0.2) is 7.11 Å². The first kappa shape index (κ1) is 9.09. The number of hydrazine groups is 1. The summed E-state index contributed by atoms with van der Waals surface area (Å²) in [6, 6.07) is 2.97. The van der Waals surface area contributed by atoms with Crippen LogP contribution in [0.25, 0.3) is 0 Å². The zero-order valence-corrected chi connectivity index (χ0v) is 7.15. The van der Waals surface area contributed by atoms with Crippen molar-refractivity contribution in [3.8, 4) is 5.75 Å². The summed E-state index contributed by atoms with van der Waals surface area (Å²) in [5.74, 6) is 4.69. The van der Waals surface area contributed by atoms with E-state index in [-0.39, 0.29) is 16.5 Å². The highest BCUT2D eigenvalue weighted by Crippen LogP contribution is 2.31. The first-order valence-electron chi connectivity index (χ1n) is 3.19. The number of ether oxygens (including phenoxy) is 1. The van der Waals surface area contributed by atoms with Crippen LogP contribution in [0.5, 0.6) is 5.75 Å². The van der Waals surface area contributed by atoms with E-state index in [1.165, 1.54) is 19.2 Å². The molecular weight excluding hydrogens is 183 g/mol. The third-order valence-electron chi connectivity index (χ3n) is 1.42. The topological polar surface area (TPSA) is 47.3 Å². The van der Waals surface area contributed by atoms with Gasteiger partial charge < -0.3 is 10.2 Å². The van der Waals surface area contributed by atoms with Crippen molar-refractivity contribution in [2.75, 3.05) is 12.5 Å². The molecule has 0 amide bonds. The molecule has 0 unspecified atom stereocenters. The predicted molar refractivity (Wildman–Crippen MR) is 45.8 cm³/mol. The molecule has 1 rings (SSSR count). The molecule has 0 aliphatic rings. The smallest absolute Gasteiger partial charge is 0.169 e. The van der Waals surface area contributed by atoms with Gasteiger partial charge in [-0.25, -0.2) is 4.39 Å². The molecule has 5 heteroatoms. The number of halogens is 2. The Bertz CT molecular complexity index is 264. The number of hydrogen-bond acceptors (Lipinski definition) is 3. The van der Waals surface area contributed by atoms with E-state index in [4.69, 9.17) is 22.2 Å². The molecule has 0 fully saturated rings. The Kier molecular flexibility index (Phi) is 2.73. The lowest BCUT2D eigenvalue weighted by atomic mass is 10.3. The van der Waals surface area contributed by atoms with E-state index in [9.17, 15) is 4.39 Å². The summed E-state index contributed by atoms with van der Waals surface area (Å²) < 4.78 is 17.9. The molecule has 0 heterocycles. The molecule has 0 saturated carbocycles. The molecule has 0 aliphatic carbocycles. The van der Waals surface area contributed by atoms with Crippen molar-refractivity contribution < 1.29 is 9.13 Å². The van der Waals surface area contributed by atoms with Gasteiger partial charge in [0.2, 0.25) is 0 Å². The van der Waals surface area contributed by atoms with Gasteiger partial charge in [-0.05, 0) is 12.1 Å². The highest BCUT2D eigenvalue weighted by Gasteiger charge is 2.10. The van der Waals surface area contributed by atoms with Gasteiger partial charge in [-0.15, -0.1) is 0 Å². The van der Waals surface area contributed by atoms with E-state index in [0.29, 0.717) is 0 Å². The molecule has 0 saturated heterocycles. The van der Waals surface area contributed by atoms with Gasteiger partial charge in [-0.3, -0.25) is 5.84 Å². The quantitative estimate of drug-likeness (QED) is 0.552. The van der Waals surface area contributed by atoms with Gasteiger partial charge >= 0.3 is 0 Å². The minimum atomic E-state index is -0.612. The van der Waals surface area contributed by atoms with Crippen LogP contribution in [0, 0.1) is 5.82 Å². The Hall–Kier alpha value is -1.00.